The molecule has 1 aliphatic rings. The number of hydrazone groups is 1. The molecule has 12 heteroatoms. The maximum absolute atomic E-state index is 12.7. The third-order valence-electron chi connectivity index (χ3n) is 6.43. The van der Waals surface area contributed by atoms with Crippen molar-refractivity contribution in [1.29, 1.82) is 0 Å². The smallest absolute Gasteiger partial charge is 0.347 e. The molecule has 0 fully saturated rings. The Bertz CT molecular complexity index is 1530. The first kappa shape index (κ1) is 29.3. The average Bonchev–Trinajstić information content (AvgIpc) is 3.36. The van der Waals surface area contributed by atoms with Crippen LogP contribution in [0.15, 0.2) is 47.6 Å². The van der Waals surface area contributed by atoms with Crippen molar-refractivity contribution in [1.82, 2.24) is 5.43 Å². The molecule has 0 aliphatic heterocycles. The van der Waals surface area contributed by atoms with E-state index in [0.717, 1.165) is 29.7 Å². The summed E-state index contributed by atoms with van der Waals surface area (Å²) >= 11 is 1.28. The van der Waals surface area contributed by atoms with Crippen LogP contribution in [0.25, 0.3) is 0 Å². The Kier molecular flexibility index (Phi) is 9.35. The average molecular weight is 580 g/mol. The second-order valence-corrected chi connectivity index (χ2v) is 10.1. The largest absolute Gasteiger partial charge is 0.496 e. The number of nitrogens with zero attached hydrogens (tertiary/aromatic N) is 1. The number of thiophene rings is 1. The number of hydrogen-bond donors (Lipinski definition) is 2. The number of carbonyl (C=O) groups excluding carboxylic acids is 4. The van der Waals surface area contributed by atoms with E-state index in [-0.39, 0.29) is 22.1 Å². The van der Waals surface area contributed by atoms with Crippen LogP contribution in [0.1, 0.15) is 56.5 Å². The summed E-state index contributed by atoms with van der Waals surface area (Å²) in [6, 6.07) is 11.4. The quantitative estimate of drug-likeness (QED) is 0.133. The van der Waals surface area contributed by atoms with Crippen molar-refractivity contribution >= 4 is 45.8 Å². The Labute approximate surface area is 240 Å². The van der Waals surface area contributed by atoms with Gasteiger partial charge in [-0.2, -0.15) is 5.10 Å². The molecule has 0 bridgehead atoms. The zero-order valence-corrected chi connectivity index (χ0v) is 23.8. The van der Waals surface area contributed by atoms with Gasteiger partial charge in [0.05, 0.1) is 32.6 Å². The van der Waals surface area contributed by atoms with Crippen LogP contribution in [0.5, 0.6) is 17.2 Å². The fourth-order valence-corrected chi connectivity index (χ4v) is 5.60. The number of hydrogen-bond acceptors (Lipinski definition) is 10. The van der Waals surface area contributed by atoms with Gasteiger partial charge >= 0.3 is 23.8 Å². The molecule has 0 spiro atoms. The van der Waals surface area contributed by atoms with Crippen LogP contribution < -0.4 is 25.0 Å². The van der Waals surface area contributed by atoms with E-state index in [1.165, 1.54) is 38.7 Å². The van der Waals surface area contributed by atoms with Crippen LogP contribution in [0, 0.1) is 0 Å². The van der Waals surface area contributed by atoms with Gasteiger partial charge in [-0.1, -0.05) is 12.1 Å². The SMILES string of the molecule is COC(=O)c1c(NC(=O)C(=O)NN=C(C)c2ccc(OC(=O)c3ccccc3OC)c(OC)c2)sc2c1CCCC2. The van der Waals surface area contributed by atoms with Crippen LogP contribution in [0.4, 0.5) is 5.00 Å². The van der Waals surface area contributed by atoms with Crippen LogP contribution in [-0.4, -0.2) is 50.8 Å². The number of methoxy groups -OCH3 is 3. The maximum Gasteiger partial charge on any atom is 0.347 e. The van der Waals surface area contributed by atoms with Crippen molar-refractivity contribution in [2.24, 2.45) is 5.10 Å². The normalized spacial score (nSPS) is 12.5. The Morgan fingerprint density at radius 2 is 1.59 bits per heavy atom. The highest BCUT2D eigenvalue weighted by atomic mass is 32.1. The number of fused-ring (bicyclic) bond motifs is 1. The molecule has 1 aliphatic carbocycles. The maximum atomic E-state index is 12.7. The summed E-state index contributed by atoms with van der Waals surface area (Å²) in [6.45, 7) is 1.62. The van der Waals surface area contributed by atoms with Gasteiger partial charge in [0.25, 0.3) is 0 Å². The minimum absolute atomic E-state index is 0.170. The number of benzene rings is 2. The second kappa shape index (κ2) is 13.1. The van der Waals surface area contributed by atoms with E-state index in [4.69, 9.17) is 18.9 Å². The lowest BCUT2D eigenvalue weighted by atomic mass is 9.95. The predicted molar refractivity (Wildman–Crippen MR) is 152 cm³/mol. The number of carbonyl (C=O) groups is 4. The van der Waals surface area contributed by atoms with Crippen LogP contribution in [0.3, 0.4) is 0 Å². The van der Waals surface area contributed by atoms with Crippen molar-refractivity contribution in [3.8, 4) is 17.2 Å². The summed E-state index contributed by atoms with van der Waals surface area (Å²) in [5.74, 6) is -2.37. The molecule has 11 nitrogen and oxygen atoms in total. The van der Waals surface area contributed by atoms with Gasteiger partial charge in [-0.3, -0.25) is 9.59 Å². The fraction of sp³-hybridized carbons (Fsp3) is 0.276. The van der Waals surface area contributed by atoms with Crippen molar-refractivity contribution in [3.05, 3.63) is 69.6 Å². The molecule has 4 rings (SSSR count). The van der Waals surface area contributed by atoms with Gasteiger partial charge in [0, 0.05) is 10.4 Å². The summed E-state index contributed by atoms with van der Waals surface area (Å²) in [5, 5.41) is 6.84. The number of anilines is 1. The predicted octanol–water partition coefficient (Wildman–Crippen LogP) is 4.13. The van der Waals surface area contributed by atoms with Crippen molar-refractivity contribution in [2.45, 2.75) is 32.6 Å². The van der Waals surface area contributed by atoms with Gasteiger partial charge in [-0.25, -0.2) is 15.0 Å². The highest BCUT2D eigenvalue weighted by Gasteiger charge is 2.28. The molecule has 0 saturated carbocycles. The number of nitrogens with one attached hydrogen (secondary N) is 2. The first-order chi connectivity index (χ1) is 19.8. The lowest BCUT2D eigenvalue weighted by Crippen LogP contribution is -2.33. The van der Waals surface area contributed by atoms with E-state index < -0.39 is 23.8 Å². The molecule has 3 aromatic rings. The molecule has 1 aromatic heterocycles. The molecule has 214 valence electrons. The number of aryl methyl sites for hydroxylation is 1. The van der Waals surface area contributed by atoms with Crippen molar-refractivity contribution in [2.75, 3.05) is 26.6 Å². The van der Waals surface area contributed by atoms with Gasteiger partial charge < -0.3 is 24.3 Å². The van der Waals surface area contributed by atoms with Gasteiger partial charge in [0.2, 0.25) is 0 Å². The number of amides is 2. The number of para-hydroxylation sites is 1. The van der Waals surface area contributed by atoms with Gasteiger partial charge in [-0.05, 0) is 68.5 Å². The Balaban J connectivity index is 1.44. The van der Waals surface area contributed by atoms with Crippen LogP contribution in [0.2, 0.25) is 0 Å². The molecule has 1 heterocycles. The van der Waals surface area contributed by atoms with E-state index in [2.05, 4.69) is 15.8 Å². The molecule has 2 N–H and O–H groups in total. The zero-order chi connectivity index (χ0) is 29.5. The first-order valence-electron chi connectivity index (χ1n) is 12.7. The van der Waals surface area contributed by atoms with Crippen molar-refractivity contribution in [3.63, 3.8) is 0 Å². The van der Waals surface area contributed by atoms with E-state index in [9.17, 15) is 19.2 Å². The number of rotatable bonds is 8. The molecule has 2 amide bonds. The monoisotopic (exact) mass is 579 g/mol. The first-order valence-corrected chi connectivity index (χ1v) is 13.5. The minimum atomic E-state index is -1.01. The van der Waals surface area contributed by atoms with E-state index in [1.807, 2.05) is 0 Å². The molecule has 0 atom stereocenters. The van der Waals surface area contributed by atoms with Crippen LogP contribution in [-0.2, 0) is 27.2 Å². The standard InChI is InChI=1S/C29H29N3O8S/c1-16(17-13-14-21(22(15-17)38-3)40-28(35)18-9-5-7-11-20(18)37-2)31-32-26(34)25(33)30-27-24(29(36)39-4)19-10-6-8-12-23(19)41-27/h5,7,9,11,13-15H,6,8,10,12H2,1-4H3,(H,30,33)(H,32,34). The Morgan fingerprint density at radius 1 is 0.854 bits per heavy atom. The van der Waals surface area contributed by atoms with Gasteiger partial charge in [-0.15, -0.1) is 11.3 Å². The second-order valence-electron chi connectivity index (χ2n) is 8.95. The summed E-state index contributed by atoms with van der Waals surface area (Å²) in [4.78, 5) is 51.3. The highest BCUT2D eigenvalue weighted by Crippen LogP contribution is 2.38. The van der Waals surface area contributed by atoms with Gasteiger partial charge in [0.1, 0.15) is 16.3 Å². The summed E-state index contributed by atoms with van der Waals surface area (Å²) in [6.07, 6.45) is 3.44. The molecule has 2 aromatic carbocycles. The molecular weight excluding hydrogens is 550 g/mol. The summed E-state index contributed by atoms with van der Waals surface area (Å²) in [7, 11) is 4.15. The number of ether oxygens (including phenoxy) is 4. The lowest BCUT2D eigenvalue weighted by Gasteiger charge is -2.12. The zero-order valence-electron chi connectivity index (χ0n) is 23.0. The molecule has 0 unspecified atom stereocenters. The van der Waals surface area contributed by atoms with E-state index in [0.29, 0.717) is 29.0 Å². The van der Waals surface area contributed by atoms with Crippen molar-refractivity contribution < 1.29 is 38.1 Å². The summed E-state index contributed by atoms with van der Waals surface area (Å²) < 4.78 is 21.0. The molecule has 41 heavy (non-hydrogen) atoms. The molecule has 0 radical (unpaired) electrons. The fourth-order valence-electron chi connectivity index (χ4n) is 4.33. The lowest BCUT2D eigenvalue weighted by molar-refractivity contribution is -0.136. The van der Waals surface area contributed by atoms with E-state index in [1.54, 1.807) is 43.3 Å². The summed E-state index contributed by atoms with van der Waals surface area (Å²) in [5.41, 5.74) is 4.54. The van der Waals surface area contributed by atoms with Gasteiger partial charge in [0.15, 0.2) is 11.5 Å². The molecular formula is C29H29N3O8S. The number of esters is 2. The Morgan fingerprint density at radius 3 is 2.32 bits per heavy atom. The third-order valence-corrected chi connectivity index (χ3v) is 7.64. The highest BCUT2D eigenvalue weighted by molar-refractivity contribution is 7.17. The molecule has 0 saturated heterocycles. The minimum Gasteiger partial charge on any atom is -0.496 e. The van der Waals surface area contributed by atoms with E-state index >= 15 is 0 Å². The van der Waals surface area contributed by atoms with Crippen LogP contribution >= 0.6 is 11.3 Å². The Hall–Kier alpha value is -4.71. The third kappa shape index (κ3) is 6.55. The topological polar surface area (TPSA) is 142 Å².